The van der Waals surface area contributed by atoms with Gasteiger partial charge in [-0.1, -0.05) is 24.8 Å². The molecule has 0 aromatic carbocycles. The smallest absolute Gasteiger partial charge is 0.0243 e. The molecule has 0 amide bonds. The Kier molecular flexibility index (Phi) is 3.49. The molecule has 0 unspecified atom stereocenters. The van der Waals surface area contributed by atoms with Gasteiger partial charge in [-0.25, -0.2) is 0 Å². The molecule has 0 fully saturated rings. The van der Waals surface area contributed by atoms with Gasteiger partial charge in [0, 0.05) is 19.1 Å². The van der Waals surface area contributed by atoms with Crippen LogP contribution < -0.4 is 0 Å². The quantitative estimate of drug-likeness (QED) is 0.640. The van der Waals surface area contributed by atoms with Gasteiger partial charge in [0.2, 0.25) is 0 Å². The number of hydrogen-bond donors (Lipinski definition) is 0. The Morgan fingerprint density at radius 1 is 1.31 bits per heavy atom. The standard InChI is InChI=1S/C12H19N/c1-5-7-12-9-13(10(3)4)8-11(12)6-2/h5-7,10H,2,8-9H2,1,3-4H3/b7-5-. The highest BCUT2D eigenvalue weighted by molar-refractivity contribution is 5.38. The SMILES string of the molecule is C=CC1=C(/C=C\C)CN(C(C)C)C1. The van der Waals surface area contributed by atoms with Gasteiger partial charge in [-0.3, -0.25) is 4.90 Å². The first-order valence-corrected chi connectivity index (χ1v) is 4.90. The van der Waals surface area contributed by atoms with E-state index in [1.54, 1.807) is 0 Å². The van der Waals surface area contributed by atoms with Crippen LogP contribution in [0.2, 0.25) is 0 Å². The van der Waals surface area contributed by atoms with Crippen LogP contribution in [0.25, 0.3) is 0 Å². The van der Waals surface area contributed by atoms with E-state index >= 15 is 0 Å². The van der Waals surface area contributed by atoms with Crippen LogP contribution in [0.3, 0.4) is 0 Å². The molecule has 0 saturated carbocycles. The van der Waals surface area contributed by atoms with Gasteiger partial charge >= 0.3 is 0 Å². The minimum Gasteiger partial charge on any atom is -0.292 e. The van der Waals surface area contributed by atoms with Crippen LogP contribution in [0, 0.1) is 0 Å². The average Bonchev–Trinajstić information content (AvgIpc) is 2.48. The number of nitrogens with zero attached hydrogens (tertiary/aromatic N) is 1. The van der Waals surface area contributed by atoms with Crippen molar-refractivity contribution in [3.8, 4) is 0 Å². The van der Waals surface area contributed by atoms with Gasteiger partial charge in [0.05, 0.1) is 0 Å². The van der Waals surface area contributed by atoms with Crippen molar-refractivity contribution in [3.05, 3.63) is 36.0 Å². The summed E-state index contributed by atoms with van der Waals surface area (Å²) < 4.78 is 0. The van der Waals surface area contributed by atoms with Crippen LogP contribution in [0.15, 0.2) is 36.0 Å². The van der Waals surface area contributed by atoms with E-state index in [0.717, 1.165) is 13.1 Å². The molecule has 0 N–H and O–H groups in total. The van der Waals surface area contributed by atoms with Crippen molar-refractivity contribution >= 4 is 0 Å². The highest BCUT2D eigenvalue weighted by Crippen LogP contribution is 2.21. The lowest BCUT2D eigenvalue weighted by Gasteiger charge is -2.20. The Hall–Kier alpha value is -0.820. The fourth-order valence-corrected chi connectivity index (χ4v) is 1.62. The zero-order chi connectivity index (χ0) is 9.84. The first-order chi connectivity index (χ1) is 6.19. The van der Waals surface area contributed by atoms with Gasteiger partial charge in [-0.05, 0) is 31.9 Å². The molecule has 1 aliphatic rings. The van der Waals surface area contributed by atoms with Crippen molar-refractivity contribution in [2.75, 3.05) is 13.1 Å². The fourth-order valence-electron chi connectivity index (χ4n) is 1.62. The molecule has 0 aromatic heterocycles. The summed E-state index contributed by atoms with van der Waals surface area (Å²) in [5, 5.41) is 0. The van der Waals surface area contributed by atoms with Gasteiger partial charge in [0.15, 0.2) is 0 Å². The van der Waals surface area contributed by atoms with Crippen molar-refractivity contribution < 1.29 is 0 Å². The summed E-state index contributed by atoms with van der Waals surface area (Å²) in [6.07, 6.45) is 6.28. The van der Waals surface area contributed by atoms with E-state index in [-0.39, 0.29) is 0 Å². The average molecular weight is 177 g/mol. The molecule has 0 atom stereocenters. The number of rotatable bonds is 3. The topological polar surface area (TPSA) is 3.24 Å². The molecule has 0 bridgehead atoms. The maximum absolute atomic E-state index is 3.85. The Morgan fingerprint density at radius 2 is 1.92 bits per heavy atom. The van der Waals surface area contributed by atoms with Crippen molar-refractivity contribution in [2.24, 2.45) is 0 Å². The van der Waals surface area contributed by atoms with Crippen LogP contribution in [0.4, 0.5) is 0 Å². The Bertz CT molecular complexity index is 246. The predicted molar refractivity (Wildman–Crippen MR) is 58.7 cm³/mol. The molecule has 72 valence electrons. The molecule has 0 radical (unpaired) electrons. The zero-order valence-electron chi connectivity index (χ0n) is 8.88. The molecule has 0 aliphatic carbocycles. The maximum atomic E-state index is 3.85. The van der Waals surface area contributed by atoms with Crippen molar-refractivity contribution in [2.45, 2.75) is 26.8 Å². The van der Waals surface area contributed by atoms with Gasteiger partial charge < -0.3 is 0 Å². The summed E-state index contributed by atoms with van der Waals surface area (Å²) in [4.78, 5) is 2.45. The molecule has 0 saturated heterocycles. The third kappa shape index (κ3) is 2.31. The fraction of sp³-hybridized carbons (Fsp3) is 0.500. The number of hydrogen-bond acceptors (Lipinski definition) is 1. The summed E-state index contributed by atoms with van der Waals surface area (Å²) in [6, 6.07) is 0.623. The highest BCUT2D eigenvalue weighted by atomic mass is 15.2. The molecule has 1 rings (SSSR count). The lowest BCUT2D eigenvalue weighted by atomic mass is 10.1. The second kappa shape index (κ2) is 4.43. The van der Waals surface area contributed by atoms with Crippen LogP contribution >= 0.6 is 0 Å². The molecule has 1 aliphatic heterocycles. The second-order valence-electron chi connectivity index (χ2n) is 3.75. The third-order valence-electron chi connectivity index (χ3n) is 2.50. The van der Waals surface area contributed by atoms with Crippen LogP contribution in [0.1, 0.15) is 20.8 Å². The molecule has 1 heterocycles. The lowest BCUT2D eigenvalue weighted by molar-refractivity contribution is 0.283. The molecule has 13 heavy (non-hydrogen) atoms. The lowest BCUT2D eigenvalue weighted by Crippen LogP contribution is -2.28. The van der Waals surface area contributed by atoms with Crippen molar-refractivity contribution in [1.29, 1.82) is 0 Å². The Morgan fingerprint density at radius 3 is 2.38 bits per heavy atom. The van der Waals surface area contributed by atoms with Gasteiger partial charge in [-0.15, -0.1) is 0 Å². The van der Waals surface area contributed by atoms with E-state index in [1.165, 1.54) is 11.1 Å². The monoisotopic (exact) mass is 177 g/mol. The van der Waals surface area contributed by atoms with Gasteiger partial charge in [-0.2, -0.15) is 0 Å². The molecule has 1 heteroatoms. The van der Waals surface area contributed by atoms with E-state index in [1.807, 2.05) is 6.08 Å². The van der Waals surface area contributed by atoms with Gasteiger partial charge in [0.25, 0.3) is 0 Å². The van der Waals surface area contributed by atoms with Crippen LogP contribution in [-0.4, -0.2) is 24.0 Å². The van der Waals surface area contributed by atoms with E-state index < -0.39 is 0 Å². The molecular weight excluding hydrogens is 158 g/mol. The van der Waals surface area contributed by atoms with E-state index in [0.29, 0.717) is 6.04 Å². The molecule has 0 aromatic rings. The van der Waals surface area contributed by atoms with Crippen LogP contribution in [-0.2, 0) is 0 Å². The minimum atomic E-state index is 0.623. The minimum absolute atomic E-state index is 0.623. The van der Waals surface area contributed by atoms with E-state index in [9.17, 15) is 0 Å². The van der Waals surface area contributed by atoms with Crippen molar-refractivity contribution in [3.63, 3.8) is 0 Å². The molecule has 1 nitrogen and oxygen atoms in total. The Balaban J connectivity index is 2.74. The van der Waals surface area contributed by atoms with Crippen LogP contribution in [0.5, 0.6) is 0 Å². The third-order valence-corrected chi connectivity index (χ3v) is 2.50. The number of allylic oxidation sites excluding steroid dienone is 1. The summed E-state index contributed by atoms with van der Waals surface area (Å²) in [6.45, 7) is 12.5. The summed E-state index contributed by atoms with van der Waals surface area (Å²) >= 11 is 0. The van der Waals surface area contributed by atoms with E-state index in [2.05, 4.69) is 44.4 Å². The maximum Gasteiger partial charge on any atom is 0.0243 e. The first-order valence-electron chi connectivity index (χ1n) is 4.90. The summed E-state index contributed by atoms with van der Waals surface area (Å²) in [7, 11) is 0. The van der Waals surface area contributed by atoms with Crippen molar-refractivity contribution in [1.82, 2.24) is 4.90 Å². The normalized spacial score (nSPS) is 19.4. The summed E-state index contributed by atoms with van der Waals surface area (Å²) in [5.74, 6) is 0. The predicted octanol–water partition coefficient (Wildman–Crippen LogP) is 2.77. The Labute approximate surface area is 81.4 Å². The highest BCUT2D eigenvalue weighted by Gasteiger charge is 2.19. The van der Waals surface area contributed by atoms with Gasteiger partial charge in [0.1, 0.15) is 0 Å². The largest absolute Gasteiger partial charge is 0.292 e. The van der Waals surface area contributed by atoms with E-state index in [4.69, 9.17) is 0 Å². The molecule has 0 spiro atoms. The molecular formula is C12H19N. The second-order valence-corrected chi connectivity index (χ2v) is 3.75. The summed E-state index contributed by atoms with van der Waals surface area (Å²) in [5.41, 5.74) is 2.80. The first kappa shape index (κ1) is 10.3. The zero-order valence-corrected chi connectivity index (χ0v) is 8.88.